The normalized spacial score (nSPS) is 11.8. The van der Waals surface area contributed by atoms with Crippen LogP contribution in [0.3, 0.4) is 0 Å². The van der Waals surface area contributed by atoms with Gasteiger partial charge in [0.25, 0.3) is 0 Å². The summed E-state index contributed by atoms with van der Waals surface area (Å²) in [6.07, 6.45) is 0. The Kier molecular flexibility index (Phi) is 4.48. The first-order chi connectivity index (χ1) is 9.69. The zero-order chi connectivity index (χ0) is 14.5. The molecule has 0 saturated carbocycles. The quantitative estimate of drug-likeness (QED) is 0.910. The smallest absolute Gasteiger partial charge is 0.127 e. The number of rotatable bonds is 5. The summed E-state index contributed by atoms with van der Waals surface area (Å²) in [6, 6.07) is 13.1. The lowest BCUT2D eigenvalue weighted by Crippen LogP contribution is -2.13. The van der Waals surface area contributed by atoms with Crippen molar-refractivity contribution in [3.05, 3.63) is 53.6 Å². The number of nitrogens with two attached hydrogens (primary N) is 1. The Hall–Kier alpha value is -2.20. The highest BCUT2D eigenvalue weighted by Gasteiger charge is 2.15. The van der Waals surface area contributed by atoms with Crippen LogP contribution in [-0.4, -0.2) is 21.3 Å². The fourth-order valence-corrected chi connectivity index (χ4v) is 2.07. The van der Waals surface area contributed by atoms with Crippen LogP contribution in [0.5, 0.6) is 17.2 Å². The van der Waals surface area contributed by atoms with Gasteiger partial charge in [-0.2, -0.15) is 0 Å². The standard InChI is InChI=1S/C16H19NO3/c1-18-12-6-4-11(5-7-12)16(17)14-9-8-13(19-2)10-15(14)20-3/h4-10,16H,17H2,1-3H3. The lowest BCUT2D eigenvalue weighted by molar-refractivity contribution is 0.390. The number of hydrogen-bond donors (Lipinski definition) is 1. The summed E-state index contributed by atoms with van der Waals surface area (Å²) in [5.74, 6) is 2.27. The van der Waals surface area contributed by atoms with Gasteiger partial charge < -0.3 is 19.9 Å². The van der Waals surface area contributed by atoms with Crippen molar-refractivity contribution in [3.8, 4) is 17.2 Å². The van der Waals surface area contributed by atoms with Crippen molar-refractivity contribution < 1.29 is 14.2 Å². The maximum absolute atomic E-state index is 6.31. The second-order valence-corrected chi connectivity index (χ2v) is 4.36. The van der Waals surface area contributed by atoms with Gasteiger partial charge in [-0.15, -0.1) is 0 Å². The topological polar surface area (TPSA) is 53.7 Å². The zero-order valence-corrected chi connectivity index (χ0v) is 11.9. The average molecular weight is 273 g/mol. The minimum absolute atomic E-state index is 0.262. The van der Waals surface area contributed by atoms with Crippen molar-refractivity contribution >= 4 is 0 Å². The molecule has 2 rings (SSSR count). The molecule has 4 nitrogen and oxygen atoms in total. The number of ether oxygens (including phenoxy) is 3. The van der Waals surface area contributed by atoms with Gasteiger partial charge in [-0.3, -0.25) is 0 Å². The number of benzene rings is 2. The molecule has 0 fully saturated rings. The van der Waals surface area contributed by atoms with Crippen molar-refractivity contribution in [2.24, 2.45) is 5.73 Å². The maximum atomic E-state index is 6.31. The van der Waals surface area contributed by atoms with Gasteiger partial charge in [-0.1, -0.05) is 12.1 Å². The molecule has 1 atom stereocenters. The molecule has 4 heteroatoms. The number of hydrogen-bond acceptors (Lipinski definition) is 4. The van der Waals surface area contributed by atoms with Crippen LogP contribution in [0.25, 0.3) is 0 Å². The van der Waals surface area contributed by atoms with Gasteiger partial charge in [0.2, 0.25) is 0 Å². The zero-order valence-electron chi connectivity index (χ0n) is 11.9. The van der Waals surface area contributed by atoms with E-state index in [4.69, 9.17) is 19.9 Å². The molecular formula is C16H19NO3. The Balaban J connectivity index is 2.33. The first-order valence-electron chi connectivity index (χ1n) is 6.31. The minimum Gasteiger partial charge on any atom is -0.497 e. The van der Waals surface area contributed by atoms with Gasteiger partial charge in [-0.05, 0) is 29.8 Å². The molecule has 0 aromatic heterocycles. The van der Waals surface area contributed by atoms with Gasteiger partial charge >= 0.3 is 0 Å². The van der Waals surface area contributed by atoms with Crippen LogP contribution in [0.2, 0.25) is 0 Å². The van der Waals surface area contributed by atoms with E-state index in [1.54, 1.807) is 21.3 Å². The van der Waals surface area contributed by atoms with E-state index in [0.29, 0.717) is 5.75 Å². The molecule has 20 heavy (non-hydrogen) atoms. The van der Waals surface area contributed by atoms with Crippen LogP contribution >= 0.6 is 0 Å². The number of methoxy groups -OCH3 is 3. The summed E-state index contributed by atoms with van der Waals surface area (Å²) in [5.41, 5.74) is 8.22. The lowest BCUT2D eigenvalue weighted by atomic mass is 9.98. The van der Waals surface area contributed by atoms with Crippen LogP contribution in [0.4, 0.5) is 0 Å². The van der Waals surface area contributed by atoms with E-state index < -0.39 is 0 Å². The molecule has 0 radical (unpaired) electrons. The van der Waals surface area contributed by atoms with E-state index in [1.165, 1.54) is 0 Å². The summed E-state index contributed by atoms with van der Waals surface area (Å²) < 4.78 is 15.7. The molecule has 0 aliphatic rings. The third kappa shape index (κ3) is 2.86. The summed E-state index contributed by atoms with van der Waals surface area (Å²) in [7, 11) is 4.89. The highest BCUT2D eigenvalue weighted by atomic mass is 16.5. The van der Waals surface area contributed by atoms with E-state index in [2.05, 4.69) is 0 Å². The second kappa shape index (κ2) is 6.30. The van der Waals surface area contributed by atoms with E-state index in [0.717, 1.165) is 22.6 Å². The van der Waals surface area contributed by atoms with Crippen molar-refractivity contribution in [2.45, 2.75) is 6.04 Å². The van der Waals surface area contributed by atoms with Crippen molar-refractivity contribution in [3.63, 3.8) is 0 Å². The van der Waals surface area contributed by atoms with Crippen LogP contribution in [0, 0.1) is 0 Å². The van der Waals surface area contributed by atoms with E-state index in [1.807, 2.05) is 42.5 Å². The summed E-state index contributed by atoms with van der Waals surface area (Å²) in [6.45, 7) is 0. The molecule has 2 N–H and O–H groups in total. The molecule has 0 spiro atoms. The second-order valence-electron chi connectivity index (χ2n) is 4.36. The van der Waals surface area contributed by atoms with Crippen molar-refractivity contribution in [2.75, 3.05) is 21.3 Å². The maximum Gasteiger partial charge on any atom is 0.127 e. The first-order valence-corrected chi connectivity index (χ1v) is 6.31. The Labute approximate surface area is 119 Å². The molecule has 2 aromatic rings. The van der Waals surface area contributed by atoms with Gasteiger partial charge in [0.15, 0.2) is 0 Å². The largest absolute Gasteiger partial charge is 0.497 e. The molecule has 106 valence electrons. The first kappa shape index (κ1) is 14.2. The monoisotopic (exact) mass is 273 g/mol. The molecule has 0 aliphatic carbocycles. The highest BCUT2D eigenvalue weighted by Crippen LogP contribution is 2.32. The molecule has 0 aliphatic heterocycles. The molecule has 2 aromatic carbocycles. The van der Waals surface area contributed by atoms with Gasteiger partial charge in [0.1, 0.15) is 17.2 Å². The molecule has 0 bridgehead atoms. The predicted octanol–water partition coefficient (Wildman–Crippen LogP) is 2.76. The highest BCUT2D eigenvalue weighted by molar-refractivity contribution is 5.46. The predicted molar refractivity (Wildman–Crippen MR) is 78.6 cm³/mol. The van der Waals surface area contributed by atoms with Crippen LogP contribution in [0.1, 0.15) is 17.2 Å². The van der Waals surface area contributed by atoms with Crippen LogP contribution < -0.4 is 19.9 Å². The SMILES string of the molecule is COc1ccc(C(N)c2ccc(OC)cc2OC)cc1. The van der Waals surface area contributed by atoms with Gasteiger partial charge in [0, 0.05) is 11.6 Å². The third-order valence-corrected chi connectivity index (χ3v) is 3.25. The Morgan fingerprint density at radius 3 is 1.95 bits per heavy atom. The van der Waals surface area contributed by atoms with Gasteiger partial charge in [0.05, 0.1) is 27.4 Å². The van der Waals surface area contributed by atoms with E-state index >= 15 is 0 Å². The van der Waals surface area contributed by atoms with Crippen molar-refractivity contribution in [1.82, 2.24) is 0 Å². The molecule has 0 amide bonds. The van der Waals surface area contributed by atoms with Crippen LogP contribution in [-0.2, 0) is 0 Å². The summed E-state index contributed by atoms with van der Waals surface area (Å²) >= 11 is 0. The minimum atomic E-state index is -0.262. The summed E-state index contributed by atoms with van der Waals surface area (Å²) in [4.78, 5) is 0. The Bertz CT molecular complexity index is 566. The summed E-state index contributed by atoms with van der Waals surface area (Å²) in [5, 5.41) is 0. The molecule has 0 saturated heterocycles. The van der Waals surface area contributed by atoms with E-state index in [-0.39, 0.29) is 6.04 Å². The molecule has 0 heterocycles. The van der Waals surface area contributed by atoms with Crippen LogP contribution in [0.15, 0.2) is 42.5 Å². The van der Waals surface area contributed by atoms with Crippen molar-refractivity contribution in [1.29, 1.82) is 0 Å². The molecular weight excluding hydrogens is 254 g/mol. The fraction of sp³-hybridized carbons (Fsp3) is 0.250. The molecule has 1 unspecified atom stereocenters. The lowest BCUT2D eigenvalue weighted by Gasteiger charge is -2.17. The Morgan fingerprint density at radius 1 is 0.800 bits per heavy atom. The van der Waals surface area contributed by atoms with Gasteiger partial charge in [-0.25, -0.2) is 0 Å². The van der Waals surface area contributed by atoms with E-state index in [9.17, 15) is 0 Å². The third-order valence-electron chi connectivity index (χ3n) is 3.25. The fourth-order valence-electron chi connectivity index (χ4n) is 2.07. The average Bonchev–Trinajstić information content (AvgIpc) is 2.53. The Morgan fingerprint density at radius 2 is 1.40 bits per heavy atom.